The molecular weight excluding hydrogens is 387 g/mol. The first-order chi connectivity index (χ1) is 12.5. The van der Waals surface area contributed by atoms with Crippen molar-refractivity contribution in [3.63, 3.8) is 0 Å². The van der Waals surface area contributed by atoms with Gasteiger partial charge in [0.1, 0.15) is 5.70 Å². The van der Waals surface area contributed by atoms with Crippen molar-refractivity contribution in [3.8, 4) is 0 Å². The highest BCUT2D eigenvalue weighted by atomic mass is 35.5. The second-order valence-electron chi connectivity index (χ2n) is 5.67. The van der Waals surface area contributed by atoms with Crippen LogP contribution < -0.4 is 4.90 Å². The topological polar surface area (TPSA) is 32.7 Å². The van der Waals surface area contributed by atoms with E-state index in [1.165, 1.54) is 11.8 Å². The molecule has 3 nitrogen and oxygen atoms in total. The summed E-state index contributed by atoms with van der Waals surface area (Å²) in [4.78, 5) is 19.1. The van der Waals surface area contributed by atoms with Gasteiger partial charge in [-0.25, -0.2) is 4.99 Å². The van der Waals surface area contributed by atoms with E-state index < -0.39 is 0 Å². The molecule has 0 N–H and O–H groups in total. The van der Waals surface area contributed by atoms with Crippen LogP contribution in [0.25, 0.3) is 6.08 Å². The molecule has 1 aliphatic heterocycles. The normalized spacial score (nSPS) is 15.5. The number of carbonyl (C=O) groups is 1. The van der Waals surface area contributed by atoms with Gasteiger partial charge < -0.3 is 0 Å². The van der Waals surface area contributed by atoms with E-state index in [1.54, 1.807) is 35.3 Å². The van der Waals surface area contributed by atoms with Crippen LogP contribution in [-0.2, 0) is 4.79 Å². The van der Waals surface area contributed by atoms with Crippen LogP contribution in [0.5, 0.6) is 0 Å². The zero-order valence-electron chi connectivity index (χ0n) is 14.1. The maximum atomic E-state index is 13.0. The molecule has 0 spiro atoms. The third-order valence-corrected chi connectivity index (χ3v) is 5.37. The smallest absolute Gasteiger partial charge is 0.266 e. The van der Waals surface area contributed by atoms with E-state index in [9.17, 15) is 4.79 Å². The van der Waals surface area contributed by atoms with E-state index in [0.717, 1.165) is 16.8 Å². The maximum Gasteiger partial charge on any atom is 0.283 e. The minimum atomic E-state index is -0.175. The summed E-state index contributed by atoms with van der Waals surface area (Å²) in [6.45, 7) is 5.74. The SMILES string of the molecule is C=CCSC1=N/C(=C/c2ccc(Cl)c(Cl)c2)C(=O)N1c1ccc(C)cc1. The number of thioether (sulfide) groups is 1. The lowest BCUT2D eigenvalue weighted by molar-refractivity contribution is -0.113. The fraction of sp³-hybridized carbons (Fsp3) is 0.100. The Balaban J connectivity index is 1.98. The van der Waals surface area contributed by atoms with Gasteiger partial charge in [0.05, 0.1) is 15.7 Å². The predicted molar refractivity (Wildman–Crippen MR) is 113 cm³/mol. The number of nitrogens with zero attached hydrogens (tertiary/aromatic N) is 2. The first-order valence-electron chi connectivity index (χ1n) is 7.90. The fourth-order valence-electron chi connectivity index (χ4n) is 2.41. The first kappa shape index (κ1) is 18.8. The van der Waals surface area contributed by atoms with Gasteiger partial charge in [-0.05, 0) is 42.8 Å². The van der Waals surface area contributed by atoms with Gasteiger partial charge in [0, 0.05) is 5.75 Å². The lowest BCUT2D eigenvalue weighted by Gasteiger charge is -2.17. The Labute approximate surface area is 167 Å². The molecule has 132 valence electrons. The molecule has 0 aromatic heterocycles. The quantitative estimate of drug-likeness (QED) is 0.466. The largest absolute Gasteiger partial charge is 0.283 e. The van der Waals surface area contributed by atoms with Crippen LogP contribution in [0.1, 0.15) is 11.1 Å². The summed E-state index contributed by atoms with van der Waals surface area (Å²) in [5.74, 6) is 0.487. The zero-order chi connectivity index (χ0) is 18.7. The van der Waals surface area contributed by atoms with Gasteiger partial charge in [0.15, 0.2) is 5.17 Å². The Morgan fingerprint density at radius 2 is 1.88 bits per heavy atom. The van der Waals surface area contributed by atoms with E-state index in [1.807, 2.05) is 31.2 Å². The van der Waals surface area contributed by atoms with E-state index in [2.05, 4.69) is 11.6 Å². The van der Waals surface area contributed by atoms with Crippen molar-refractivity contribution in [1.82, 2.24) is 0 Å². The van der Waals surface area contributed by atoms with Gasteiger partial charge in [-0.15, -0.1) is 6.58 Å². The Kier molecular flexibility index (Phi) is 5.87. The van der Waals surface area contributed by atoms with Gasteiger partial charge in [-0.1, -0.05) is 64.8 Å². The molecule has 2 aromatic carbocycles. The molecule has 0 saturated carbocycles. The summed E-state index contributed by atoms with van der Waals surface area (Å²) in [5.41, 5.74) is 3.04. The summed E-state index contributed by atoms with van der Waals surface area (Å²) >= 11 is 13.5. The fourth-order valence-corrected chi connectivity index (χ4v) is 3.46. The summed E-state index contributed by atoms with van der Waals surface area (Å²) in [6.07, 6.45) is 3.50. The number of rotatable bonds is 4. The van der Waals surface area contributed by atoms with Crippen LogP contribution in [0, 0.1) is 6.92 Å². The van der Waals surface area contributed by atoms with Gasteiger partial charge in [0.25, 0.3) is 5.91 Å². The molecule has 6 heteroatoms. The highest BCUT2D eigenvalue weighted by molar-refractivity contribution is 8.14. The third-order valence-electron chi connectivity index (χ3n) is 3.70. The second-order valence-corrected chi connectivity index (χ2v) is 7.47. The number of aryl methyl sites for hydroxylation is 1. The standard InChI is InChI=1S/C20H16Cl2N2OS/c1-3-10-26-20-23-18(12-14-6-9-16(21)17(22)11-14)19(25)24(20)15-7-4-13(2)5-8-15/h3-9,11-12H,1,10H2,2H3/b18-12+. The number of carbonyl (C=O) groups excluding carboxylic acids is 1. The van der Waals surface area contributed by atoms with E-state index in [-0.39, 0.29) is 5.91 Å². The van der Waals surface area contributed by atoms with Crippen LogP contribution in [0.2, 0.25) is 10.0 Å². The Morgan fingerprint density at radius 1 is 1.15 bits per heavy atom. The number of benzene rings is 2. The number of hydrogen-bond donors (Lipinski definition) is 0. The molecule has 0 radical (unpaired) electrons. The predicted octanol–water partition coefficient (Wildman–Crippen LogP) is 5.96. The molecule has 1 heterocycles. The number of hydrogen-bond acceptors (Lipinski definition) is 3. The van der Waals surface area contributed by atoms with Crippen molar-refractivity contribution in [1.29, 1.82) is 0 Å². The van der Waals surface area contributed by atoms with Crippen LogP contribution in [-0.4, -0.2) is 16.8 Å². The number of anilines is 1. The van der Waals surface area contributed by atoms with E-state index in [0.29, 0.717) is 26.7 Å². The molecule has 0 fully saturated rings. The molecule has 1 amide bonds. The van der Waals surface area contributed by atoms with Crippen LogP contribution in [0.15, 0.2) is 65.8 Å². The van der Waals surface area contributed by atoms with E-state index >= 15 is 0 Å². The lowest BCUT2D eigenvalue weighted by atomic mass is 10.2. The minimum Gasteiger partial charge on any atom is -0.266 e. The van der Waals surface area contributed by atoms with Crippen molar-refractivity contribution in [2.24, 2.45) is 4.99 Å². The summed E-state index contributed by atoms with van der Waals surface area (Å²) < 4.78 is 0. The number of aliphatic imine (C=N–C) groups is 1. The average molecular weight is 403 g/mol. The van der Waals surface area contributed by atoms with Crippen molar-refractivity contribution in [2.75, 3.05) is 10.7 Å². The van der Waals surface area contributed by atoms with Gasteiger partial charge in [-0.2, -0.15) is 0 Å². The number of amides is 1. The van der Waals surface area contributed by atoms with Crippen molar-refractivity contribution in [2.45, 2.75) is 6.92 Å². The second kappa shape index (κ2) is 8.12. The van der Waals surface area contributed by atoms with Crippen LogP contribution in [0.3, 0.4) is 0 Å². The molecule has 3 rings (SSSR count). The minimum absolute atomic E-state index is 0.175. The number of halogens is 2. The van der Waals surface area contributed by atoms with Gasteiger partial charge in [-0.3, -0.25) is 9.69 Å². The molecule has 0 bridgehead atoms. The molecule has 2 aromatic rings. The molecule has 0 unspecified atom stereocenters. The van der Waals surface area contributed by atoms with Gasteiger partial charge in [0.2, 0.25) is 0 Å². The van der Waals surface area contributed by atoms with Crippen LogP contribution in [0.4, 0.5) is 5.69 Å². The molecule has 0 saturated heterocycles. The third kappa shape index (κ3) is 4.04. The molecule has 26 heavy (non-hydrogen) atoms. The summed E-state index contributed by atoms with van der Waals surface area (Å²) in [6, 6.07) is 13.0. The first-order valence-corrected chi connectivity index (χ1v) is 9.64. The monoisotopic (exact) mass is 402 g/mol. The van der Waals surface area contributed by atoms with Gasteiger partial charge >= 0.3 is 0 Å². The van der Waals surface area contributed by atoms with Crippen molar-refractivity contribution in [3.05, 3.63) is 82.0 Å². The summed E-state index contributed by atoms with van der Waals surface area (Å²) in [7, 11) is 0. The molecule has 0 aliphatic carbocycles. The van der Waals surface area contributed by atoms with Crippen molar-refractivity contribution >= 4 is 57.8 Å². The molecular formula is C20H16Cl2N2OS. The Bertz CT molecular complexity index is 920. The molecule has 1 aliphatic rings. The summed E-state index contributed by atoms with van der Waals surface area (Å²) in [5, 5.41) is 1.54. The molecule has 0 atom stereocenters. The number of amidine groups is 1. The van der Waals surface area contributed by atoms with E-state index in [4.69, 9.17) is 23.2 Å². The van der Waals surface area contributed by atoms with Crippen molar-refractivity contribution < 1.29 is 4.79 Å². The zero-order valence-corrected chi connectivity index (χ0v) is 16.4. The Hall–Kier alpha value is -2.01. The average Bonchev–Trinajstić information content (AvgIpc) is 2.93. The highest BCUT2D eigenvalue weighted by Crippen LogP contribution is 2.30. The lowest BCUT2D eigenvalue weighted by Crippen LogP contribution is -2.30. The Morgan fingerprint density at radius 3 is 2.54 bits per heavy atom. The highest BCUT2D eigenvalue weighted by Gasteiger charge is 2.31. The van der Waals surface area contributed by atoms with Crippen LogP contribution >= 0.6 is 35.0 Å². The maximum absolute atomic E-state index is 13.0.